The van der Waals surface area contributed by atoms with Crippen molar-refractivity contribution in [2.45, 2.75) is 127 Å². The van der Waals surface area contributed by atoms with Crippen molar-refractivity contribution in [1.29, 1.82) is 0 Å². The molecule has 0 aliphatic rings. The lowest BCUT2D eigenvalue weighted by Gasteiger charge is -2.51. The lowest BCUT2D eigenvalue weighted by molar-refractivity contribution is -0.247. The van der Waals surface area contributed by atoms with E-state index in [0.717, 1.165) is 59.3 Å². The van der Waals surface area contributed by atoms with Crippen molar-refractivity contribution < 1.29 is 13.6 Å². The Bertz CT molecular complexity index is 1390. The minimum atomic E-state index is -3.17. The normalized spacial score (nSPS) is 15.3. The number of hydrogen-bond donors (Lipinski definition) is 0. The van der Waals surface area contributed by atoms with Crippen LogP contribution in [0.1, 0.15) is 107 Å². The lowest BCUT2D eigenvalue weighted by Crippen LogP contribution is -2.71. The summed E-state index contributed by atoms with van der Waals surface area (Å²) in [4.78, 5) is 0. The topological polar surface area (TPSA) is 27.7 Å². The summed E-state index contributed by atoms with van der Waals surface area (Å²) in [5, 5.41) is 0.719. The average Bonchev–Trinajstić information content (AvgIpc) is 3.10. The fourth-order valence-electron chi connectivity index (χ4n) is 7.40. The summed E-state index contributed by atoms with van der Waals surface area (Å²) in [5.74, 6) is 0. The summed E-state index contributed by atoms with van der Waals surface area (Å²) in [6, 6.07) is 42.4. The van der Waals surface area contributed by atoms with Crippen molar-refractivity contribution in [3.8, 4) is 0 Å². The number of halogens is 2. The Kier molecular flexibility index (Phi) is 14.4. The Morgan fingerprint density at radius 3 is 0.902 bits per heavy atom. The third-order valence-corrected chi connectivity index (χ3v) is 20.9. The van der Waals surface area contributed by atoms with Crippen LogP contribution in [-0.2, 0) is 13.6 Å². The molecule has 0 bridgehead atoms. The highest BCUT2D eigenvalue weighted by Crippen LogP contribution is 2.48. The fourth-order valence-corrected chi connectivity index (χ4v) is 17.7. The first-order chi connectivity index (χ1) is 24.2. The minimum absolute atomic E-state index is 0.319. The molecule has 3 nitrogen and oxygen atoms in total. The summed E-state index contributed by atoms with van der Waals surface area (Å²) in [7, 11) is -6.33. The van der Waals surface area contributed by atoms with Crippen LogP contribution in [-0.4, -0.2) is 27.1 Å². The zero-order valence-corrected chi connectivity index (χ0v) is 35.7. The molecule has 0 saturated carbocycles. The molecular formula is C44H60Cl2O3Si2. The molecule has 0 amide bonds. The summed E-state index contributed by atoms with van der Waals surface area (Å²) >= 11 is 15.9. The van der Waals surface area contributed by atoms with E-state index in [1.165, 1.54) is 0 Å². The van der Waals surface area contributed by atoms with Crippen molar-refractivity contribution >= 4 is 60.6 Å². The van der Waals surface area contributed by atoms with Gasteiger partial charge in [-0.1, -0.05) is 226 Å². The van der Waals surface area contributed by atoms with Gasteiger partial charge in [0, 0.05) is 12.8 Å². The Morgan fingerprint density at radius 2 is 0.686 bits per heavy atom. The van der Waals surface area contributed by atoms with Crippen LogP contribution >= 0.6 is 23.2 Å². The smallest absolute Gasteiger partial charge is 0.266 e. The van der Waals surface area contributed by atoms with Gasteiger partial charge in [-0.3, -0.25) is 4.74 Å². The van der Waals surface area contributed by atoms with E-state index in [2.05, 4.69) is 177 Å². The van der Waals surface area contributed by atoms with Gasteiger partial charge in [-0.15, -0.1) is 0 Å². The van der Waals surface area contributed by atoms with E-state index in [-0.39, 0.29) is 10.1 Å². The van der Waals surface area contributed by atoms with Gasteiger partial charge < -0.3 is 8.85 Å². The van der Waals surface area contributed by atoms with E-state index >= 15 is 0 Å². The number of benzene rings is 4. The van der Waals surface area contributed by atoms with Crippen LogP contribution in [0.15, 0.2) is 121 Å². The lowest BCUT2D eigenvalue weighted by atomic mass is 10.2. The van der Waals surface area contributed by atoms with E-state index < -0.39 is 27.1 Å². The maximum absolute atomic E-state index is 7.94. The number of alkyl halides is 2. The van der Waals surface area contributed by atoms with Crippen LogP contribution in [0.2, 0.25) is 10.1 Å². The molecule has 0 spiro atoms. The monoisotopic (exact) mass is 762 g/mol. The third-order valence-electron chi connectivity index (χ3n) is 9.91. The van der Waals surface area contributed by atoms with E-state index in [0.29, 0.717) is 12.8 Å². The summed E-state index contributed by atoms with van der Waals surface area (Å²) in [5.41, 5.74) is 0. The number of ether oxygens (including phenoxy) is 1. The predicted octanol–water partition coefficient (Wildman–Crippen LogP) is 11.1. The van der Waals surface area contributed by atoms with E-state index in [4.69, 9.17) is 36.8 Å². The van der Waals surface area contributed by atoms with Gasteiger partial charge in [0.25, 0.3) is 16.6 Å². The molecule has 0 aliphatic heterocycles. The van der Waals surface area contributed by atoms with Crippen molar-refractivity contribution in [2.75, 3.05) is 0 Å². The number of unbranched alkanes of at least 4 members (excludes halogenated alkanes) is 4. The molecule has 2 unspecified atom stereocenters. The number of rotatable bonds is 18. The van der Waals surface area contributed by atoms with Crippen LogP contribution in [0.4, 0.5) is 0 Å². The predicted molar refractivity (Wildman–Crippen MR) is 224 cm³/mol. The molecule has 4 aromatic carbocycles. The molecule has 0 aromatic heterocycles. The SMILES string of the molecule is CCCCCC(Cl)(OC(Cl)(CCCCC)O[Si](c1ccccc1)(c1ccccc1)C(C)(C)C)O[Si](c1ccccc1)(c1ccccc1)C(C)(C)C. The van der Waals surface area contributed by atoms with Crippen LogP contribution in [0.5, 0.6) is 0 Å². The van der Waals surface area contributed by atoms with E-state index in [9.17, 15) is 0 Å². The van der Waals surface area contributed by atoms with Gasteiger partial charge >= 0.3 is 0 Å². The molecule has 4 rings (SSSR count). The van der Waals surface area contributed by atoms with E-state index in [1.807, 2.05) is 0 Å². The van der Waals surface area contributed by atoms with Crippen LogP contribution in [0, 0.1) is 0 Å². The molecule has 0 N–H and O–H groups in total. The van der Waals surface area contributed by atoms with Crippen molar-refractivity contribution in [1.82, 2.24) is 0 Å². The minimum Gasteiger partial charge on any atom is -0.368 e. The first-order valence-corrected chi connectivity index (χ1v) is 23.4. The highest BCUT2D eigenvalue weighted by atomic mass is 35.5. The molecule has 0 fully saturated rings. The summed E-state index contributed by atoms with van der Waals surface area (Å²) in [6.45, 7) is 18.0. The van der Waals surface area contributed by atoms with Crippen LogP contribution in [0.3, 0.4) is 0 Å². The third kappa shape index (κ3) is 9.66. The number of hydrogen-bond acceptors (Lipinski definition) is 3. The molecule has 51 heavy (non-hydrogen) atoms. The van der Waals surface area contributed by atoms with Gasteiger partial charge in [-0.05, 0) is 43.7 Å². The second-order valence-corrected chi connectivity index (χ2v) is 25.5. The summed E-state index contributed by atoms with van der Waals surface area (Å²) < 4.78 is 22.6. The molecule has 0 saturated heterocycles. The second-order valence-electron chi connectivity index (χ2n) is 15.9. The molecule has 0 radical (unpaired) electrons. The summed E-state index contributed by atoms with van der Waals surface area (Å²) in [6.07, 6.45) is 6.60. The van der Waals surface area contributed by atoms with Crippen molar-refractivity contribution in [3.05, 3.63) is 121 Å². The maximum Gasteiger partial charge on any atom is 0.266 e. The second kappa shape index (κ2) is 17.7. The van der Waals surface area contributed by atoms with E-state index in [1.54, 1.807) is 0 Å². The first-order valence-electron chi connectivity index (χ1n) is 18.9. The molecule has 0 aliphatic carbocycles. The van der Waals surface area contributed by atoms with Gasteiger partial charge in [0.2, 0.25) is 10.5 Å². The molecule has 0 heterocycles. The highest BCUT2D eigenvalue weighted by Gasteiger charge is 2.59. The standard InChI is InChI=1S/C44H60Cl2O3Si2/c1-9-11-25-35-43(45,48-50(41(3,4)5,37-27-17-13-18-28-37)38-29-19-14-20-30-38)47-44(46,36-26-12-10-2)49-51(42(6,7)8,39-31-21-15-22-32-39)40-33-23-16-24-34-40/h13-24,27-34H,9-12,25-26,35-36H2,1-8H3. The quantitative estimate of drug-likeness (QED) is 0.0437. The Morgan fingerprint density at radius 1 is 0.431 bits per heavy atom. The largest absolute Gasteiger partial charge is 0.368 e. The van der Waals surface area contributed by atoms with Gasteiger partial charge in [0.05, 0.1) is 0 Å². The van der Waals surface area contributed by atoms with Crippen LogP contribution in [0.25, 0.3) is 0 Å². The highest BCUT2D eigenvalue weighted by molar-refractivity contribution is 7.00. The van der Waals surface area contributed by atoms with Gasteiger partial charge in [0.15, 0.2) is 0 Å². The van der Waals surface area contributed by atoms with Gasteiger partial charge in [0.1, 0.15) is 0 Å². The zero-order chi connectivity index (χ0) is 37.2. The Hall–Kier alpha value is -2.23. The Labute approximate surface area is 321 Å². The van der Waals surface area contributed by atoms with Gasteiger partial charge in [-0.2, -0.15) is 0 Å². The van der Waals surface area contributed by atoms with Crippen LogP contribution < -0.4 is 20.7 Å². The van der Waals surface area contributed by atoms with Crippen molar-refractivity contribution in [3.63, 3.8) is 0 Å². The zero-order valence-electron chi connectivity index (χ0n) is 32.2. The maximum atomic E-state index is 7.94. The Balaban J connectivity index is 1.97. The van der Waals surface area contributed by atoms with Gasteiger partial charge in [-0.25, -0.2) is 0 Å². The molecule has 276 valence electrons. The fraction of sp³-hybridized carbons (Fsp3) is 0.455. The molecule has 7 heteroatoms. The average molecular weight is 764 g/mol. The molecule has 2 atom stereocenters. The van der Waals surface area contributed by atoms with Crippen molar-refractivity contribution in [2.24, 2.45) is 0 Å². The first kappa shape index (κ1) is 41.5. The molecule has 4 aromatic rings. The molecular weight excluding hydrogens is 704 g/mol.